The summed E-state index contributed by atoms with van der Waals surface area (Å²) in [5, 5.41) is 4.57. The number of benzene rings is 2. The lowest BCUT2D eigenvalue weighted by Gasteiger charge is -2.12. The fourth-order valence-electron chi connectivity index (χ4n) is 4.60. The Balaban J connectivity index is 1.70. The molecule has 0 aliphatic rings. The van der Waals surface area contributed by atoms with E-state index in [2.05, 4.69) is 10.1 Å². The van der Waals surface area contributed by atoms with Crippen LogP contribution >= 0.6 is 11.6 Å². The minimum Gasteiger partial charge on any atom is -0.331 e. The molecule has 11 heteroatoms. The standard InChI is InChI=1S/C24H20ClFN8O/c1-30-12-27-10-21(30)23-29-18-7-15(13-9-28-31(2)11-13)17(26)8-19(18)34(23)14-5-16(25)22-20(6-14)32(3)24(35)33(22)4/h5-12H,1-4H3. The first-order valence-corrected chi connectivity index (χ1v) is 11.2. The van der Waals surface area contributed by atoms with Crippen LogP contribution in [0.3, 0.4) is 0 Å². The van der Waals surface area contributed by atoms with E-state index >= 15 is 4.39 Å². The van der Waals surface area contributed by atoms with Gasteiger partial charge in [-0.25, -0.2) is 19.2 Å². The highest BCUT2D eigenvalue weighted by molar-refractivity contribution is 6.35. The number of hydrogen-bond acceptors (Lipinski definition) is 4. The van der Waals surface area contributed by atoms with Gasteiger partial charge in [0.2, 0.25) is 0 Å². The molecule has 0 bridgehead atoms. The van der Waals surface area contributed by atoms with Crippen molar-refractivity contribution in [2.75, 3.05) is 0 Å². The summed E-state index contributed by atoms with van der Waals surface area (Å²) in [6.07, 6.45) is 6.76. The molecule has 4 heterocycles. The van der Waals surface area contributed by atoms with Crippen molar-refractivity contribution in [3.05, 3.63) is 70.5 Å². The lowest BCUT2D eigenvalue weighted by Crippen LogP contribution is -2.19. The molecular formula is C24H20ClFN8O. The molecule has 0 fully saturated rings. The molecule has 9 nitrogen and oxygen atoms in total. The molecule has 0 unspecified atom stereocenters. The molecule has 2 aromatic carbocycles. The topological polar surface area (TPSA) is 80.4 Å². The first kappa shape index (κ1) is 21.4. The molecule has 176 valence electrons. The molecule has 0 aliphatic carbocycles. The molecule has 35 heavy (non-hydrogen) atoms. The van der Waals surface area contributed by atoms with Gasteiger partial charge in [-0.15, -0.1) is 0 Å². The van der Waals surface area contributed by atoms with E-state index in [4.69, 9.17) is 16.6 Å². The van der Waals surface area contributed by atoms with Gasteiger partial charge in [-0.2, -0.15) is 5.10 Å². The SMILES string of the molecule is Cn1cc(-c2cc3nc(-c4cncn4C)n(-c4cc(Cl)c5c(c4)n(C)c(=O)n5C)c3cc2F)cn1. The van der Waals surface area contributed by atoms with Crippen LogP contribution in [0.5, 0.6) is 0 Å². The van der Waals surface area contributed by atoms with Crippen LogP contribution in [0.2, 0.25) is 5.02 Å². The van der Waals surface area contributed by atoms with Crippen molar-refractivity contribution in [3.63, 3.8) is 0 Å². The van der Waals surface area contributed by atoms with E-state index in [0.29, 0.717) is 49.7 Å². The number of fused-ring (bicyclic) bond motifs is 2. The fourth-order valence-corrected chi connectivity index (χ4v) is 4.93. The summed E-state index contributed by atoms with van der Waals surface area (Å²) in [6, 6.07) is 6.80. The molecule has 0 amide bonds. The number of hydrogen-bond donors (Lipinski definition) is 0. The van der Waals surface area contributed by atoms with E-state index in [1.165, 1.54) is 15.2 Å². The normalized spacial score (nSPS) is 11.8. The van der Waals surface area contributed by atoms with Gasteiger partial charge in [0.25, 0.3) is 0 Å². The molecule has 0 saturated heterocycles. The van der Waals surface area contributed by atoms with E-state index in [0.717, 1.165) is 5.69 Å². The van der Waals surface area contributed by atoms with Gasteiger partial charge in [-0.05, 0) is 18.2 Å². The van der Waals surface area contributed by atoms with Crippen LogP contribution in [-0.4, -0.2) is 38.0 Å². The van der Waals surface area contributed by atoms with E-state index in [-0.39, 0.29) is 5.69 Å². The predicted molar refractivity (Wildman–Crippen MR) is 132 cm³/mol. The Morgan fingerprint density at radius 1 is 0.971 bits per heavy atom. The number of halogens is 2. The molecular weight excluding hydrogens is 471 g/mol. The van der Waals surface area contributed by atoms with Crippen LogP contribution in [0.1, 0.15) is 0 Å². The monoisotopic (exact) mass is 490 g/mol. The third-order valence-corrected chi connectivity index (χ3v) is 6.65. The van der Waals surface area contributed by atoms with Crippen molar-refractivity contribution in [2.24, 2.45) is 28.2 Å². The van der Waals surface area contributed by atoms with Gasteiger partial charge in [-0.3, -0.25) is 18.4 Å². The predicted octanol–water partition coefficient (Wildman–Crippen LogP) is 3.81. The Kier molecular flexibility index (Phi) is 4.52. The lowest BCUT2D eigenvalue weighted by molar-refractivity contribution is 0.632. The summed E-state index contributed by atoms with van der Waals surface area (Å²) in [5.41, 5.74) is 4.71. The van der Waals surface area contributed by atoms with Crippen LogP contribution in [0.15, 0.2) is 54.0 Å². The van der Waals surface area contributed by atoms with Crippen molar-refractivity contribution in [1.82, 2.24) is 38.0 Å². The zero-order valence-corrected chi connectivity index (χ0v) is 20.1. The third-order valence-electron chi connectivity index (χ3n) is 6.36. The molecule has 0 spiro atoms. The molecule has 0 aliphatic heterocycles. The highest BCUT2D eigenvalue weighted by Gasteiger charge is 2.22. The number of aryl methyl sites for hydroxylation is 4. The van der Waals surface area contributed by atoms with Gasteiger partial charge in [-0.1, -0.05) is 11.6 Å². The van der Waals surface area contributed by atoms with E-state index in [1.54, 1.807) is 62.9 Å². The summed E-state index contributed by atoms with van der Waals surface area (Å²) >= 11 is 6.66. The smallest absolute Gasteiger partial charge is 0.328 e. The van der Waals surface area contributed by atoms with E-state index in [9.17, 15) is 4.79 Å². The Labute approximate surface area is 203 Å². The molecule has 0 N–H and O–H groups in total. The minimum atomic E-state index is -0.400. The van der Waals surface area contributed by atoms with Gasteiger partial charge in [0.15, 0.2) is 5.82 Å². The first-order chi connectivity index (χ1) is 16.7. The zero-order valence-electron chi connectivity index (χ0n) is 19.4. The van der Waals surface area contributed by atoms with E-state index in [1.807, 2.05) is 22.2 Å². The number of rotatable bonds is 3. The average molecular weight is 491 g/mol. The van der Waals surface area contributed by atoms with Crippen molar-refractivity contribution in [2.45, 2.75) is 0 Å². The van der Waals surface area contributed by atoms with Crippen molar-refractivity contribution in [1.29, 1.82) is 0 Å². The van der Waals surface area contributed by atoms with Crippen LogP contribution in [-0.2, 0) is 28.2 Å². The van der Waals surface area contributed by atoms with Crippen molar-refractivity contribution >= 4 is 33.7 Å². The van der Waals surface area contributed by atoms with Gasteiger partial charge in [0.05, 0.1) is 51.5 Å². The second-order valence-electron chi connectivity index (χ2n) is 8.58. The number of aromatic nitrogens is 8. The summed E-state index contributed by atoms with van der Waals surface area (Å²) in [6.45, 7) is 0. The first-order valence-electron chi connectivity index (χ1n) is 10.8. The molecule has 0 saturated carbocycles. The quantitative estimate of drug-likeness (QED) is 0.378. The van der Waals surface area contributed by atoms with Crippen molar-refractivity contribution in [3.8, 4) is 28.3 Å². The summed E-state index contributed by atoms with van der Waals surface area (Å²) in [4.78, 5) is 21.7. The highest BCUT2D eigenvalue weighted by atomic mass is 35.5. The van der Waals surface area contributed by atoms with Crippen LogP contribution in [0.25, 0.3) is 50.4 Å². The summed E-state index contributed by atoms with van der Waals surface area (Å²) in [7, 11) is 7.02. The summed E-state index contributed by atoms with van der Waals surface area (Å²) < 4.78 is 23.8. The molecule has 0 radical (unpaired) electrons. The molecule has 4 aromatic heterocycles. The van der Waals surface area contributed by atoms with Crippen LogP contribution in [0, 0.1) is 5.82 Å². The van der Waals surface area contributed by atoms with Crippen LogP contribution < -0.4 is 5.69 Å². The number of imidazole rings is 3. The minimum absolute atomic E-state index is 0.187. The van der Waals surface area contributed by atoms with Gasteiger partial charge >= 0.3 is 5.69 Å². The number of nitrogens with zero attached hydrogens (tertiary/aromatic N) is 8. The zero-order chi connectivity index (χ0) is 24.6. The van der Waals surface area contributed by atoms with E-state index < -0.39 is 5.82 Å². The lowest BCUT2D eigenvalue weighted by atomic mass is 10.1. The maximum Gasteiger partial charge on any atom is 0.328 e. The summed E-state index contributed by atoms with van der Waals surface area (Å²) in [5.74, 6) is 0.168. The van der Waals surface area contributed by atoms with Gasteiger partial charge in [0, 0.05) is 51.6 Å². The maximum atomic E-state index is 15.4. The largest absolute Gasteiger partial charge is 0.331 e. The average Bonchev–Trinajstić information content (AvgIpc) is 3.57. The second-order valence-corrected chi connectivity index (χ2v) is 8.99. The Bertz CT molecular complexity index is 1850. The Hall–Kier alpha value is -4.18. The third kappa shape index (κ3) is 3.06. The van der Waals surface area contributed by atoms with Crippen molar-refractivity contribution < 1.29 is 4.39 Å². The fraction of sp³-hybridized carbons (Fsp3) is 0.167. The molecule has 0 atom stereocenters. The maximum absolute atomic E-state index is 15.4. The van der Waals surface area contributed by atoms with Crippen LogP contribution in [0.4, 0.5) is 4.39 Å². The van der Waals surface area contributed by atoms with Gasteiger partial charge in [0.1, 0.15) is 11.5 Å². The van der Waals surface area contributed by atoms with Gasteiger partial charge < -0.3 is 4.57 Å². The second kappa shape index (κ2) is 7.41. The highest BCUT2D eigenvalue weighted by Crippen LogP contribution is 2.35. The molecule has 6 rings (SSSR count). The Morgan fingerprint density at radius 3 is 2.46 bits per heavy atom. The Morgan fingerprint density at radius 2 is 1.77 bits per heavy atom. The molecule has 6 aromatic rings.